The maximum atomic E-state index is 13.1. The summed E-state index contributed by atoms with van der Waals surface area (Å²) in [4.78, 5) is 14.9. The highest BCUT2D eigenvalue weighted by Gasteiger charge is 2.46. The van der Waals surface area contributed by atoms with Crippen LogP contribution < -0.4 is 0 Å². The van der Waals surface area contributed by atoms with Crippen LogP contribution in [-0.4, -0.2) is 38.4 Å². The van der Waals surface area contributed by atoms with Gasteiger partial charge >= 0.3 is 6.09 Å². The van der Waals surface area contributed by atoms with Crippen LogP contribution in [-0.2, 0) is 10.3 Å². The quantitative estimate of drug-likeness (QED) is 0.576. The van der Waals surface area contributed by atoms with Gasteiger partial charge in [-0.2, -0.15) is 0 Å². The SMILES string of the molecule is CC(c1ccc(-c2nncs2)cc1)N1CCC(CC(C)(C)O)(c2ccccc2)OC1=O. The van der Waals surface area contributed by atoms with Gasteiger partial charge in [0.2, 0.25) is 0 Å². The molecule has 0 bridgehead atoms. The monoisotopic (exact) mass is 437 g/mol. The van der Waals surface area contributed by atoms with Gasteiger partial charge in [-0.05, 0) is 31.9 Å². The topological polar surface area (TPSA) is 75.6 Å². The summed E-state index contributed by atoms with van der Waals surface area (Å²) in [6.45, 7) is 6.05. The van der Waals surface area contributed by atoms with Gasteiger partial charge in [0.25, 0.3) is 0 Å². The number of carbonyl (C=O) groups is 1. The summed E-state index contributed by atoms with van der Waals surface area (Å²) in [6.07, 6.45) is 0.592. The summed E-state index contributed by atoms with van der Waals surface area (Å²) >= 11 is 1.49. The standard InChI is InChI=1S/C24H27N3O3S/c1-17(18-9-11-19(12-10-18)21-26-25-16-31-21)27-14-13-24(30-22(27)28,15-23(2,3)29)20-7-5-4-6-8-20/h4-12,16-17,29H,13-15H2,1-3H3. The Hall–Kier alpha value is -2.77. The molecule has 6 nitrogen and oxygen atoms in total. The molecule has 2 unspecified atom stereocenters. The smallest absolute Gasteiger partial charge is 0.411 e. The van der Waals surface area contributed by atoms with E-state index >= 15 is 0 Å². The van der Waals surface area contributed by atoms with E-state index in [4.69, 9.17) is 4.74 Å². The van der Waals surface area contributed by atoms with Crippen LogP contribution in [0.5, 0.6) is 0 Å². The molecule has 1 aliphatic rings. The number of carbonyl (C=O) groups excluding carboxylic acids is 1. The Balaban J connectivity index is 1.54. The Morgan fingerprint density at radius 1 is 1.19 bits per heavy atom. The number of benzene rings is 2. The second kappa shape index (κ2) is 8.40. The number of aliphatic hydroxyl groups is 1. The minimum Gasteiger partial charge on any atom is -0.438 e. The first-order valence-corrected chi connectivity index (χ1v) is 11.3. The zero-order valence-corrected chi connectivity index (χ0v) is 18.8. The molecule has 0 aliphatic carbocycles. The summed E-state index contributed by atoms with van der Waals surface area (Å²) in [5.41, 5.74) is 2.85. The van der Waals surface area contributed by atoms with Crippen LogP contribution in [0.4, 0.5) is 4.79 Å². The molecule has 1 N–H and O–H groups in total. The highest BCUT2D eigenvalue weighted by molar-refractivity contribution is 7.12. The fraction of sp³-hybridized carbons (Fsp3) is 0.375. The van der Waals surface area contributed by atoms with Gasteiger partial charge in [-0.3, -0.25) is 0 Å². The van der Waals surface area contributed by atoms with Gasteiger partial charge in [0.05, 0.1) is 11.6 Å². The van der Waals surface area contributed by atoms with E-state index in [0.717, 1.165) is 21.7 Å². The molecule has 2 heterocycles. The average Bonchev–Trinajstić information content (AvgIpc) is 3.28. The summed E-state index contributed by atoms with van der Waals surface area (Å²) in [7, 11) is 0. The van der Waals surface area contributed by atoms with Gasteiger partial charge in [-0.15, -0.1) is 10.2 Å². The number of hydrogen-bond acceptors (Lipinski definition) is 6. The summed E-state index contributed by atoms with van der Waals surface area (Å²) in [6, 6.07) is 17.6. The van der Waals surface area contributed by atoms with Crippen LogP contribution in [0.1, 0.15) is 50.8 Å². The maximum Gasteiger partial charge on any atom is 0.411 e. The molecule has 2 atom stereocenters. The van der Waals surface area contributed by atoms with Gasteiger partial charge in [0.15, 0.2) is 0 Å². The number of cyclic esters (lactones) is 1. The van der Waals surface area contributed by atoms with E-state index in [-0.39, 0.29) is 12.1 Å². The molecule has 1 aromatic heterocycles. The Kier molecular flexibility index (Phi) is 5.81. The number of ether oxygens (including phenoxy) is 1. The van der Waals surface area contributed by atoms with Crippen molar-refractivity contribution in [2.75, 3.05) is 6.54 Å². The Morgan fingerprint density at radius 3 is 2.48 bits per heavy atom. The molecule has 1 fully saturated rings. The highest BCUT2D eigenvalue weighted by Crippen LogP contribution is 2.42. The number of nitrogens with zero attached hydrogens (tertiary/aromatic N) is 3. The van der Waals surface area contributed by atoms with Crippen LogP contribution in [0.25, 0.3) is 10.6 Å². The van der Waals surface area contributed by atoms with E-state index in [9.17, 15) is 9.90 Å². The third kappa shape index (κ3) is 4.62. The molecule has 1 amide bonds. The molecule has 7 heteroatoms. The predicted molar refractivity (Wildman–Crippen MR) is 121 cm³/mol. The van der Waals surface area contributed by atoms with Gasteiger partial charge in [-0.25, -0.2) is 4.79 Å². The lowest BCUT2D eigenvalue weighted by Gasteiger charge is -2.45. The number of hydrogen-bond donors (Lipinski definition) is 1. The van der Waals surface area contributed by atoms with Gasteiger partial charge < -0.3 is 14.7 Å². The van der Waals surface area contributed by atoms with Crippen molar-refractivity contribution < 1.29 is 14.6 Å². The largest absolute Gasteiger partial charge is 0.438 e. The van der Waals surface area contributed by atoms with Crippen LogP contribution in [0.15, 0.2) is 60.1 Å². The molecule has 0 spiro atoms. The summed E-state index contributed by atoms with van der Waals surface area (Å²) in [5.74, 6) is 0. The molecule has 1 saturated heterocycles. The third-order valence-corrected chi connectivity index (χ3v) is 6.50. The Labute approximate surface area is 186 Å². The van der Waals surface area contributed by atoms with Crippen LogP contribution in [0, 0.1) is 0 Å². The number of aromatic nitrogens is 2. The zero-order valence-electron chi connectivity index (χ0n) is 18.0. The van der Waals surface area contributed by atoms with E-state index in [0.29, 0.717) is 19.4 Å². The van der Waals surface area contributed by atoms with Crippen LogP contribution in [0.2, 0.25) is 0 Å². The van der Waals surface area contributed by atoms with Crippen molar-refractivity contribution in [1.29, 1.82) is 0 Å². The first-order valence-electron chi connectivity index (χ1n) is 10.4. The van der Waals surface area contributed by atoms with Crippen LogP contribution >= 0.6 is 11.3 Å². The fourth-order valence-corrected chi connectivity index (χ4v) is 4.83. The molecule has 4 rings (SSSR count). The van der Waals surface area contributed by atoms with Gasteiger partial charge in [0, 0.05) is 24.9 Å². The predicted octanol–water partition coefficient (Wildman–Crippen LogP) is 5.16. The average molecular weight is 438 g/mol. The lowest BCUT2D eigenvalue weighted by atomic mass is 9.80. The van der Waals surface area contributed by atoms with Crippen LogP contribution in [0.3, 0.4) is 0 Å². The maximum absolute atomic E-state index is 13.1. The molecule has 1 aliphatic heterocycles. The zero-order chi connectivity index (χ0) is 22.1. The Morgan fingerprint density at radius 2 is 1.90 bits per heavy atom. The van der Waals surface area contributed by atoms with Gasteiger partial charge in [0.1, 0.15) is 16.1 Å². The lowest BCUT2D eigenvalue weighted by molar-refractivity contribution is -0.101. The van der Waals surface area contributed by atoms with Crippen molar-refractivity contribution in [2.45, 2.75) is 50.9 Å². The molecule has 0 radical (unpaired) electrons. The third-order valence-electron chi connectivity index (χ3n) is 5.76. The van der Waals surface area contributed by atoms with Crippen molar-refractivity contribution in [3.63, 3.8) is 0 Å². The molecular formula is C24H27N3O3S. The van der Waals surface area contributed by atoms with Crippen molar-refractivity contribution in [2.24, 2.45) is 0 Å². The molecule has 162 valence electrons. The Bertz CT molecular complexity index is 1020. The molecular weight excluding hydrogens is 410 g/mol. The minimum absolute atomic E-state index is 0.133. The minimum atomic E-state index is -0.968. The first-order chi connectivity index (χ1) is 14.8. The fourth-order valence-electron chi connectivity index (χ4n) is 4.27. The second-order valence-corrected chi connectivity index (χ2v) is 9.54. The lowest BCUT2D eigenvalue weighted by Crippen LogP contribution is -2.51. The van der Waals surface area contributed by atoms with E-state index in [1.165, 1.54) is 11.3 Å². The van der Waals surface area contributed by atoms with Gasteiger partial charge in [-0.1, -0.05) is 65.9 Å². The first kappa shape index (κ1) is 21.5. The van der Waals surface area contributed by atoms with Crippen molar-refractivity contribution in [3.8, 4) is 10.6 Å². The molecule has 0 saturated carbocycles. The van der Waals surface area contributed by atoms with Crippen molar-refractivity contribution in [1.82, 2.24) is 15.1 Å². The normalized spacial score (nSPS) is 20.4. The van der Waals surface area contributed by atoms with E-state index < -0.39 is 11.2 Å². The number of amides is 1. The second-order valence-electron chi connectivity index (χ2n) is 8.70. The van der Waals surface area contributed by atoms with E-state index in [1.54, 1.807) is 24.3 Å². The highest BCUT2D eigenvalue weighted by atomic mass is 32.1. The van der Waals surface area contributed by atoms with Crippen molar-refractivity contribution in [3.05, 3.63) is 71.2 Å². The molecule has 3 aromatic rings. The van der Waals surface area contributed by atoms with Crippen molar-refractivity contribution >= 4 is 17.4 Å². The summed E-state index contributed by atoms with van der Waals surface area (Å²) < 4.78 is 6.08. The molecule has 31 heavy (non-hydrogen) atoms. The molecule has 2 aromatic carbocycles. The van der Waals surface area contributed by atoms with E-state index in [2.05, 4.69) is 10.2 Å². The number of rotatable bonds is 6. The van der Waals surface area contributed by atoms with E-state index in [1.807, 2.05) is 61.5 Å². The summed E-state index contributed by atoms with van der Waals surface area (Å²) in [5, 5.41) is 19.4.